The third-order valence-corrected chi connectivity index (χ3v) is 4.25. The van der Waals surface area contributed by atoms with Crippen molar-refractivity contribution in [2.45, 2.75) is 32.6 Å². The van der Waals surface area contributed by atoms with Crippen LogP contribution in [0.2, 0.25) is 0 Å². The van der Waals surface area contributed by atoms with E-state index in [1.54, 1.807) is 25.3 Å². The van der Waals surface area contributed by atoms with Gasteiger partial charge in [0.15, 0.2) is 0 Å². The number of hydrogen-bond acceptors (Lipinski definition) is 4. The predicted octanol–water partition coefficient (Wildman–Crippen LogP) is 2.73. The fourth-order valence-corrected chi connectivity index (χ4v) is 2.77. The van der Waals surface area contributed by atoms with Crippen LogP contribution in [0.5, 0.6) is 5.75 Å². The van der Waals surface area contributed by atoms with E-state index < -0.39 is 0 Å². The number of amides is 1. The highest BCUT2D eigenvalue weighted by molar-refractivity contribution is 5.92. The molecule has 1 aliphatic heterocycles. The normalized spacial score (nSPS) is 16.5. The molecule has 1 fully saturated rings. The van der Waals surface area contributed by atoms with Gasteiger partial charge in [0.25, 0.3) is 0 Å². The number of ether oxygens (including phenoxy) is 1. The second-order valence-corrected chi connectivity index (χ2v) is 6.14. The fraction of sp³-hybridized carbons (Fsp3) is 0.588. The Morgan fingerprint density at radius 2 is 2.14 bits per heavy atom. The monoisotopic (exact) mass is 305 g/mol. The Hall–Kier alpha value is -1.75. The topological polar surface area (TPSA) is 67.6 Å². The van der Waals surface area contributed by atoms with Crippen LogP contribution in [0.25, 0.3) is 0 Å². The number of hydrogen-bond donors (Lipinski definition) is 2. The van der Waals surface area contributed by atoms with Crippen LogP contribution in [0.4, 0.5) is 11.4 Å². The van der Waals surface area contributed by atoms with Crippen molar-refractivity contribution in [1.82, 2.24) is 4.90 Å². The maximum atomic E-state index is 12.0. The Kier molecular flexibility index (Phi) is 6.07. The minimum Gasteiger partial charge on any atom is -0.494 e. The number of carbonyl (C=O) groups is 1. The summed E-state index contributed by atoms with van der Waals surface area (Å²) in [5.74, 6) is 1.46. The fourth-order valence-electron chi connectivity index (χ4n) is 2.77. The second kappa shape index (κ2) is 8.03. The van der Waals surface area contributed by atoms with Gasteiger partial charge in [-0.2, -0.15) is 0 Å². The molecule has 2 rings (SSSR count). The molecule has 1 amide bonds. The second-order valence-electron chi connectivity index (χ2n) is 6.14. The number of methoxy groups -OCH3 is 1. The van der Waals surface area contributed by atoms with E-state index in [-0.39, 0.29) is 5.91 Å². The molecule has 1 aromatic rings. The molecular formula is C17H27N3O2. The number of carbonyl (C=O) groups excluding carboxylic acids is 1. The van der Waals surface area contributed by atoms with Crippen molar-refractivity contribution >= 4 is 17.3 Å². The molecule has 0 aliphatic carbocycles. The molecule has 1 saturated heterocycles. The van der Waals surface area contributed by atoms with E-state index in [9.17, 15) is 4.79 Å². The molecule has 22 heavy (non-hydrogen) atoms. The number of anilines is 2. The van der Waals surface area contributed by atoms with Gasteiger partial charge in [-0.05, 0) is 56.9 Å². The maximum Gasteiger partial charge on any atom is 0.224 e. The Labute approximate surface area is 132 Å². The van der Waals surface area contributed by atoms with Crippen LogP contribution in [0.3, 0.4) is 0 Å². The molecular weight excluding hydrogens is 278 g/mol. The molecule has 0 spiro atoms. The Balaban J connectivity index is 1.74. The average molecular weight is 305 g/mol. The van der Waals surface area contributed by atoms with Crippen LogP contribution in [-0.4, -0.2) is 37.6 Å². The van der Waals surface area contributed by atoms with E-state index in [0.717, 1.165) is 32.0 Å². The molecule has 3 N–H and O–H groups in total. The summed E-state index contributed by atoms with van der Waals surface area (Å²) < 4.78 is 5.23. The van der Waals surface area contributed by atoms with E-state index in [0.29, 0.717) is 23.5 Å². The SMILES string of the molecule is COc1cc(N)ccc1NC(=O)CCCN1CCC(C)CC1. The van der Waals surface area contributed by atoms with E-state index in [2.05, 4.69) is 17.1 Å². The van der Waals surface area contributed by atoms with Crippen molar-refractivity contribution < 1.29 is 9.53 Å². The first-order valence-electron chi connectivity index (χ1n) is 8.04. The summed E-state index contributed by atoms with van der Waals surface area (Å²) in [4.78, 5) is 14.5. The minimum absolute atomic E-state index is 0.0217. The van der Waals surface area contributed by atoms with Crippen molar-refractivity contribution in [3.8, 4) is 5.75 Å². The summed E-state index contributed by atoms with van der Waals surface area (Å²) >= 11 is 0. The molecule has 1 aliphatic rings. The molecule has 0 aromatic heterocycles. The van der Waals surface area contributed by atoms with Gasteiger partial charge in [0.2, 0.25) is 5.91 Å². The zero-order valence-corrected chi connectivity index (χ0v) is 13.6. The highest BCUT2D eigenvalue weighted by Crippen LogP contribution is 2.26. The van der Waals surface area contributed by atoms with E-state index in [1.165, 1.54) is 12.8 Å². The lowest BCUT2D eigenvalue weighted by molar-refractivity contribution is -0.116. The van der Waals surface area contributed by atoms with Gasteiger partial charge < -0.3 is 20.7 Å². The molecule has 0 bridgehead atoms. The van der Waals surface area contributed by atoms with Crippen molar-refractivity contribution in [2.24, 2.45) is 5.92 Å². The molecule has 0 unspecified atom stereocenters. The molecule has 0 saturated carbocycles. The molecule has 0 radical (unpaired) electrons. The quantitative estimate of drug-likeness (QED) is 0.793. The zero-order valence-electron chi connectivity index (χ0n) is 13.6. The van der Waals surface area contributed by atoms with Crippen molar-refractivity contribution in [2.75, 3.05) is 37.8 Å². The lowest BCUT2D eigenvalue weighted by Crippen LogP contribution is -2.33. The molecule has 1 aromatic carbocycles. The smallest absolute Gasteiger partial charge is 0.224 e. The van der Waals surface area contributed by atoms with Gasteiger partial charge in [0, 0.05) is 18.2 Å². The zero-order chi connectivity index (χ0) is 15.9. The Morgan fingerprint density at radius 3 is 2.82 bits per heavy atom. The van der Waals surface area contributed by atoms with Crippen LogP contribution in [0.1, 0.15) is 32.6 Å². The first-order valence-corrected chi connectivity index (χ1v) is 8.04. The number of nitrogens with two attached hydrogens (primary N) is 1. The Morgan fingerprint density at radius 1 is 1.41 bits per heavy atom. The number of rotatable bonds is 6. The van der Waals surface area contributed by atoms with Crippen molar-refractivity contribution in [3.63, 3.8) is 0 Å². The first-order chi connectivity index (χ1) is 10.6. The summed E-state index contributed by atoms with van der Waals surface area (Å²) in [6.45, 7) is 5.63. The summed E-state index contributed by atoms with van der Waals surface area (Å²) in [6.07, 6.45) is 3.96. The predicted molar refractivity (Wildman–Crippen MR) is 90.1 cm³/mol. The molecule has 1 heterocycles. The van der Waals surface area contributed by atoms with Crippen LogP contribution < -0.4 is 15.8 Å². The average Bonchev–Trinajstić information content (AvgIpc) is 2.51. The first kappa shape index (κ1) is 16.6. The summed E-state index contributed by atoms with van der Waals surface area (Å²) in [5, 5.41) is 2.90. The number of piperidine rings is 1. The highest BCUT2D eigenvalue weighted by Gasteiger charge is 2.15. The van der Waals surface area contributed by atoms with Gasteiger partial charge in [0.1, 0.15) is 5.75 Å². The van der Waals surface area contributed by atoms with Crippen LogP contribution >= 0.6 is 0 Å². The largest absolute Gasteiger partial charge is 0.494 e. The summed E-state index contributed by atoms with van der Waals surface area (Å²) in [6, 6.07) is 5.25. The maximum absolute atomic E-state index is 12.0. The Bertz CT molecular complexity index is 497. The van der Waals surface area contributed by atoms with Crippen LogP contribution in [0, 0.1) is 5.92 Å². The molecule has 0 atom stereocenters. The van der Waals surface area contributed by atoms with Crippen molar-refractivity contribution in [1.29, 1.82) is 0 Å². The van der Waals surface area contributed by atoms with E-state index >= 15 is 0 Å². The van der Waals surface area contributed by atoms with Crippen LogP contribution in [-0.2, 0) is 4.79 Å². The molecule has 5 nitrogen and oxygen atoms in total. The summed E-state index contributed by atoms with van der Waals surface area (Å²) in [5.41, 5.74) is 7.00. The number of benzene rings is 1. The van der Waals surface area contributed by atoms with Gasteiger partial charge >= 0.3 is 0 Å². The molecule has 5 heteroatoms. The standard InChI is InChI=1S/C17H27N3O2/c1-13-7-10-20(11-8-13)9-3-4-17(21)19-15-6-5-14(18)12-16(15)22-2/h5-6,12-13H,3-4,7-11,18H2,1-2H3,(H,19,21). The summed E-state index contributed by atoms with van der Waals surface area (Å²) in [7, 11) is 1.57. The number of nitrogen functional groups attached to an aromatic ring is 1. The number of nitrogens with zero attached hydrogens (tertiary/aromatic N) is 1. The third kappa shape index (κ3) is 4.91. The van der Waals surface area contributed by atoms with E-state index in [1.807, 2.05) is 0 Å². The van der Waals surface area contributed by atoms with Gasteiger partial charge in [-0.15, -0.1) is 0 Å². The lowest BCUT2D eigenvalue weighted by Gasteiger charge is -2.30. The number of likely N-dealkylation sites (tertiary alicyclic amines) is 1. The van der Waals surface area contributed by atoms with Gasteiger partial charge in [-0.3, -0.25) is 4.79 Å². The van der Waals surface area contributed by atoms with Gasteiger partial charge in [-0.25, -0.2) is 0 Å². The van der Waals surface area contributed by atoms with Gasteiger partial charge in [0.05, 0.1) is 12.8 Å². The van der Waals surface area contributed by atoms with Crippen molar-refractivity contribution in [3.05, 3.63) is 18.2 Å². The van der Waals surface area contributed by atoms with Crippen LogP contribution in [0.15, 0.2) is 18.2 Å². The minimum atomic E-state index is 0.0217. The third-order valence-electron chi connectivity index (χ3n) is 4.25. The van der Waals surface area contributed by atoms with E-state index in [4.69, 9.17) is 10.5 Å². The highest BCUT2D eigenvalue weighted by atomic mass is 16.5. The number of nitrogens with one attached hydrogen (secondary N) is 1. The molecule has 122 valence electrons. The lowest BCUT2D eigenvalue weighted by atomic mass is 9.99. The van der Waals surface area contributed by atoms with Gasteiger partial charge in [-0.1, -0.05) is 6.92 Å².